The Morgan fingerprint density at radius 1 is 1.05 bits per heavy atom. The van der Waals surface area contributed by atoms with Crippen LogP contribution in [0.5, 0.6) is 0 Å². The predicted octanol–water partition coefficient (Wildman–Crippen LogP) is 4.24. The van der Waals surface area contributed by atoms with Crippen LogP contribution >= 0.6 is 0 Å². The first-order valence-electron chi connectivity index (χ1n) is 7.35. The fourth-order valence-corrected chi connectivity index (χ4v) is 2.14. The number of nitrogens with one attached hydrogen (secondary N) is 1. The van der Waals surface area contributed by atoms with Crippen LogP contribution in [0, 0.1) is 6.92 Å². The molecular formula is C18H25N3. The van der Waals surface area contributed by atoms with E-state index in [9.17, 15) is 0 Å². The van der Waals surface area contributed by atoms with Crippen molar-refractivity contribution in [1.82, 2.24) is 4.98 Å². The molecule has 0 amide bonds. The molecule has 0 saturated carbocycles. The zero-order valence-corrected chi connectivity index (χ0v) is 13.6. The van der Waals surface area contributed by atoms with E-state index in [0.717, 1.165) is 18.2 Å². The number of rotatable bonds is 4. The summed E-state index contributed by atoms with van der Waals surface area (Å²) in [5.41, 5.74) is 2.59. The van der Waals surface area contributed by atoms with Crippen molar-refractivity contribution in [2.24, 2.45) is 0 Å². The summed E-state index contributed by atoms with van der Waals surface area (Å²) in [5.74, 6) is 1.89. The van der Waals surface area contributed by atoms with Crippen molar-refractivity contribution in [3.63, 3.8) is 0 Å². The molecule has 0 saturated heterocycles. The first-order valence-corrected chi connectivity index (χ1v) is 7.35. The summed E-state index contributed by atoms with van der Waals surface area (Å²) in [7, 11) is 2.07. The van der Waals surface area contributed by atoms with Crippen LogP contribution < -0.4 is 10.2 Å². The van der Waals surface area contributed by atoms with Crippen LogP contribution in [0.1, 0.15) is 31.9 Å². The Bertz CT molecular complexity index is 582. The van der Waals surface area contributed by atoms with Crippen LogP contribution in [-0.4, -0.2) is 17.6 Å². The molecule has 3 heteroatoms. The number of aryl methyl sites for hydroxylation is 1. The number of pyridine rings is 1. The lowest BCUT2D eigenvalue weighted by atomic mass is 10.1. The van der Waals surface area contributed by atoms with E-state index in [0.29, 0.717) is 0 Å². The maximum Gasteiger partial charge on any atom is 0.130 e. The molecule has 1 N–H and O–H groups in total. The van der Waals surface area contributed by atoms with E-state index in [1.54, 1.807) is 0 Å². The van der Waals surface area contributed by atoms with Gasteiger partial charge in [0.15, 0.2) is 0 Å². The highest BCUT2D eigenvalue weighted by Crippen LogP contribution is 2.18. The van der Waals surface area contributed by atoms with Crippen LogP contribution in [0.3, 0.4) is 0 Å². The largest absolute Gasteiger partial charge is 0.365 e. The fraction of sp³-hybridized carbons (Fsp3) is 0.389. The average molecular weight is 283 g/mol. The maximum absolute atomic E-state index is 4.69. The molecule has 21 heavy (non-hydrogen) atoms. The van der Waals surface area contributed by atoms with Crippen molar-refractivity contribution in [3.05, 3.63) is 53.6 Å². The van der Waals surface area contributed by atoms with E-state index in [1.807, 2.05) is 18.2 Å². The van der Waals surface area contributed by atoms with E-state index in [4.69, 9.17) is 0 Å². The highest BCUT2D eigenvalue weighted by Gasteiger charge is 2.11. The third-order valence-electron chi connectivity index (χ3n) is 3.17. The number of aromatic nitrogens is 1. The molecule has 1 aromatic heterocycles. The topological polar surface area (TPSA) is 28.2 Å². The van der Waals surface area contributed by atoms with Crippen LogP contribution in [0.2, 0.25) is 0 Å². The predicted molar refractivity (Wildman–Crippen MR) is 90.9 cm³/mol. The summed E-state index contributed by atoms with van der Waals surface area (Å²) in [5, 5.41) is 3.41. The molecule has 0 spiro atoms. The lowest BCUT2D eigenvalue weighted by Gasteiger charge is -2.23. The summed E-state index contributed by atoms with van der Waals surface area (Å²) in [6.07, 6.45) is 0. The molecule has 1 heterocycles. The number of benzene rings is 1. The average Bonchev–Trinajstić information content (AvgIpc) is 2.40. The summed E-state index contributed by atoms with van der Waals surface area (Å²) >= 11 is 0. The second-order valence-electron chi connectivity index (χ2n) is 6.60. The molecule has 0 radical (unpaired) electrons. The van der Waals surface area contributed by atoms with Gasteiger partial charge in [-0.05, 0) is 45.4 Å². The van der Waals surface area contributed by atoms with E-state index in [-0.39, 0.29) is 5.54 Å². The Morgan fingerprint density at radius 3 is 2.33 bits per heavy atom. The molecule has 0 atom stereocenters. The van der Waals surface area contributed by atoms with Gasteiger partial charge in [0.1, 0.15) is 11.6 Å². The molecule has 0 fully saturated rings. The SMILES string of the molecule is Cc1ccc(CN(C)c2cccc(NC(C)(C)C)n2)cc1. The first kappa shape index (κ1) is 15.4. The van der Waals surface area contributed by atoms with Gasteiger partial charge in [-0.2, -0.15) is 0 Å². The van der Waals surface area contributed by atoms with Gasteiger partial charge in [0.05, 0.1) is 0 Å². The molecule has 0 aliphatic heterocycles. The first-order chi connectivity index (χ1) is 9.83. The molecule has 112 valence electrons. The van der Waals surface area contributed by atoms with Gasteiger partial charge < -0.3 is 10.2 Å². The molecule has 0 bridgehead atoms. The van der Waals surface area contributed by atoms with Gasteiger partial charge in [-0.15, -0.1) is 0 Å². The normalized spacial score (nSPS) is 11.3. The third-order valence-corrected chi connectivity index (χ3v) is 3.17. The molecule has 2 rings (SSSR count). The smallest absolute Gasteiger partial charge is 0.130 e. The van der Waals surface area contributed by atoms with Gasteiger partial charge in [-0.1, -0.05) is 35.9 Å². The second kappa shape index (κ2) is 6.17. The van der Waals surface area contributed by atoms with Gasteiger partial charge in [0.2, 0.25) is 0 Å². The van der Waals surface area contributed by atoms with E-state index in [2.05, 4.69) is 74.2 Å². The van der Waals surface area contributed by atoms with Crippen molar-refractivity contribution in [2.45, 2.75) is 39.8 Å². The van der Waals surface area contributed by atoms with Crippen LogP contribution in [0.4, 0.5) is 11.6 Å². The minimum atomic E-state index is 0.0150. The number of nitrogens with zero attached hydrogens (tertiary/aromatic N) is 2. The van der Waals surface area contributed by atoms with Crippen molar-refractivity contribution < 1.29 is 0 Å². The quantitative estimate of drug-likeness (QED) is 0.909. The van der Waals surface area contributed by atoms with Crippen LogP contribution in [0.25, 0.3) is 0 Å². The number of hydrogen-bond donors (Lipinski definition) is 1. The molecule has 0 aliphatic carbocycles. The Morgan fingerprint density at radius 2 is 1.71 bits per heavy atom. The molecule has 2 aromatic rings. The van der Waals surface area contributed by atoms with Crippen molar-refractivity contribution in [1.29, 1.82) is 0 Å². The second-order valence-corrected chi connectivity index (χ2v) is 6.60. The molecule has 0 unspecified atom stereocenters. The van der Waals surface area contributed by atoms with Crippen LogP contribution in [-0.2, 0) is 6.54 Å². The molecule has 3 nitrogen and oxygen atoms in total. The minimum Gasteiger partial charge on any atom is -0.365 e. The van der Waals surface area contributed by atoms with E-state index in [1.165, 1.54) is 11.1 Å². The fourth-order valence-electron chi connectivity index (χ4n) is 2.14. The van der Waals surface area contributed by atoms with Gasteiger partial charge in [0, 0.05) is 19.1 Å². The summed E-state index contributed by atoms with van der Waals surface area (Å²) in [4.78, 5) is 6.85. The number of anilines is 2. The molecule has 0 aliphatic rings. The minimum absolute atomic E-state index is 0.0150. The van der Waals surface area contributed by atoms with Crippen molar-refractivity contribution in [3.8, 4) is 0 Å². The summed E-state index contributed by atoms with van der Waals surface area (Å²) < 4.78 is 0. The van der Waals surface area contributed by atoms with Gasteiger partial charge in [-0.3, -0.25) is 0 Å². The monoisotopic (exact) mass is 283 g/mol. The lowest BCUT2D eigenvalue weighted by Crippen LogP contribution is -2.27. The molecule has 1 aromatic carbocycles. The Kier molecular flexibility index (Phi) is 4.51. The van der Waals surface area contributed by atoms with E-state index >= 15 is 0 Å². The van der Waals surface area contributed by atoms with Crippen LogP contribution in [0.15, 0.2) is 42.5 Å². The van der Waals surface area contributed by atoms with Gasteiger partial charge in [0.25, 0.3) is 0 Å². The highest BCUT2D eigenvalue weighted by molar-refractivity contribution is 5.48. The standard InChI is InChI=1S/C18H25N3/c1-14-9-11-15(12-10-14)13-21(5)17-8-6-7-16(19-17)20-18(2,3)4/h6-12H,13H2,1-5H3,(H,19,20). The highest BCUT2D eigenvalue weighted by atomic mass is 15.2. The molecular weight excluding hydrogens is 258 g/mol. The summed E-state index contributed by atoms with van der Waals surface area (Å²) in [6.45, 7) is 9.37. The third kappa shape index (κ3) is 4.78. The zero-order chi connectivity index (χ0) is 15.5. The lowest BCUT2D eigenvalue weighted by molar-refractivity contribution is 0.630. The Hall–Kier alpha value is -2.03. The zero-order valence-electron chi connectivity index (χ0n) is 13.6. The van der Waals surface area contributed by atoms with E-state index < -0.39 is 0 Å². The van der Waals surface area contributed by atoms with Crippen molar-refractivity contribution in [2.75, 3.05) is 17.3 Å². The summed E-state index contributed by atoms with van der Waals surface area (Å²) in [6, 6.07) is 14.7. The Balaban J connectivity index is 2.10. The van der Waals surface area contributed by atoms with Gasteiger partial charge >= 0.3 is 0 Å². The van der Waals surface area contributed by atoms with Gasteiger partial charge in [-0.25, -0.2) is 4.98 Å². The number of hydrogen-bond acceptors (Lipinski definition) is 3. The van der Waals surface area contributed by atoms with Crippen molar-refractivity contribution >= 4 is 11.6 Å². The maximum atomic E-state index is 4.69. The Labute approximate surface area is 128 Å².